The molecule has 6 rings (SSSR count). The third-order valence-electron chi connectivity index (χ3n) is 6.50. The van der Waals surface area contributed by atoms with Gasteiger partial charge in [0.1, 0.15) is 29.0 Å². The first-order chi connectivity index (χ1) is 16.2. The Bertz CT molecular complexity index is 1260. The number of anilines is 3. The Morgan fingerprint density at radius 2 is 2.18 bits per heavy atom. The molecule has 0 saturated carbocycles. The van der Waals surface area contributed by atoms with Crippen molar-refractivity contribution in [2.24, 2.45) is 5.92 Å². The number of ether oxygens (including phenoxy) is 2. The molecule has 5 heterocycles. The fraction of sp³-hybridized carbons (Fsp3) is 0.375. The summed E-state index contributed by atoms with van der Waals surface area (Å²) < 4.78 is 26.2. The first-order valence-electron chi connectivity index (χ1n) is 11.1. The largest absolute Gasteiger partial charge is 0.492 e. The fourth-order valence-corrected chi connectivity index (χ4v) is 4.65. The SMILES string of the molecule is C#Cc1c(OCC2COC2)ccc(Nc2ncnc3ccc(N4C[C@@H]5C[C@H]4CN5)nc23)c1F. The number of hydrogen-bond donors (Lipinski definition) is 2. The molecule has 0 radical (unpaired) electrons. The van der Waals surface area contributed by atoms with Crippen molar-refractivity contribution >= 4 is 28.4 Å². The standard InChI is InChI=1S/C24H23FN6O2/c1-2-17-20(33-12-14-10-32-11-14)5-3-18(22(17)25)29-24-23-19(27-13-28-24)4-6-21(30-23)31-9-15-7-16(31)8-26-15/h1,3-6,13-16,26H,7-12H2,(H,27,28,29)/t15-,16-/m0/s1. The second-order valence-corrected chi connectivity index (χ2v) is 8.69. The summed E-state index contributed by atoms with van der Waals surface area (Å²) in [7, 11) is 0. The van der Waals surface area contributed by atoms with Gasteiger partial charge in [0.15, 0.2) is 11.6 Å². The van der Waals surface area contributed by atoms with Crippen LogP contribution < -0.4 is 20.3 Å². The summed E-state index contributed by atoms with van der Waals surface area (Å²) >= 11 is 0. The minimum atomic E-state index is -0.564. The Morgan fingerprint density at radius 3 is 2.91 bits per heavy atom. The van der Waals surface area contributed by atoms with Crippen LogP contribution in [-0.4, -0.2) is 59.9 Å². The first-order valence-corrected chi connectivity index (χ1v) is 11.1. The lowest BCUT2D eigenvalue weighted by Gasteiger charge is -2.28. The van der Waals surface area contributed by atoms with E-state index in [9.17, 15) is 0 Å². The molecule has 0 unspecified atom stereocenters. The van der Waals surface area contributed by atoms with E-state index < -0.39 is 5.82 Å². The molecule has 3 saturated heterocycles. The Balaban J connectivity index is 1.30. The van der Waals surface area contributed by atoms with Crippen LogP contribution in [0, 0.1) is 24.1 Å². The summed E-state index contributed by atoms with van der Waals surface area (Å²) in [5.41, 5.74) is 1.54. The minimum Gasteiger partial charge on any atom is -0.492 e. The van der Waals surface area contributed by atoms with Crippen LogP contribution in [-0.2, 0) is 4.74 Å². The number of nitrogens with one attached hydrogen (secondary N) is 2. The molecule has 3 aromatic rings. The van der Waals surface area contributed by atoms with Gasteiger partial charge >= 0.3 is 0 Å². The van der Waals surface area contributed by atoms with E-state index in [1.165, 1.54) is 6.33 Å². The van der Waals surface area contributed by atoms with Crippen LogP contribution in [0.4, 0.5) is 21.7 Å². The number of pyridine rings is 1. The average molecular weight is 446 g/mol. The molecule has 1 aromatic carbocycles. The van der Waals surface area contributed by atoms with E-state index in [1.807, 2.05) is 12.1 Å². The fourth-order valence-electron chi connectivity index (χ4n) is 4.65. The molecular formula is C24H23FN6O2. The van der Waals surface area contributed by atoms with E-state index in [2.05, 4.69) is 31.4 Å². The highest BCUT2D eigenvalue weighted by molar-refractivity contribution is 5.88. The molecule has 3 aliphatic rings. The monoisotopic (exact) mass is 446 g/mol. The van der Waals surface area contributed by atoms with Gasteiger partial charge in [-0.2, -0.15) is 0 Å². The maximum Gasteiger partial charge on any atom is 0.166 e. The van der Waals surface area contributed by atoms with Crippen molar-refractivity contribution in [2.75, 3.05) is 43.1 Å². The molecule has 8 nitrogen and oxygen atoms in total. The zero-order valence-electron chi connectivity index (χ0n) is 17.9. The molecule has 168 valence electrons. The number of rotatable bonds is 6. The van der Waals surface area contributed by atoms with Crippen LogP contribution >= 0.6 is 0 Å². The van der Waals surface area contributed by atoms with Gasteiger partial charge in [-0.25, -0.2) is 19.3 Å². The maximum atomic E-state index is 15.3. The average Bonchev–Trinajstić information content (AvgIpc) is 3.44. The molecule has 2 atom stereocenters. The van der Waals surface area contributed by atoms with Gasteiger partial charge in [-0.3, -0.25) is 0 Å². The van der Waals surface area contributed by atoms with Crippen LogP contribution in [0.1, 0.15) is 12.0 Å². The van der Waals surface area contributed by atoms with Crippen molar-refractivity contribution in [2.45, 2.75) is 18.5 Å². The molecule has 2 bridgehead atoms. The maximum absolute atomic E-state index is 15.3. The molecule has 3 fully saturated rings. The summed E-state index contributed by atoms with van der Waals surface area (Å²) in [4.78, 5) is 15.8. The van der Waals surface area contributed by atoms with E-state index in [-0.39, 0.29) is 11.3 Å². The van der Waals surface area contributed by atoms with Crippen LogP contribution in [0.2, 0.25) is 0 Å². The van der Waals surface area contributed by atoms with E-state index in [1.54, 1.807) is 12.1 Å². The molecule has 3 aliphatic heterocycles. The van der Waals surface area contributed by atoms with Crippen LogP contribution in [0.5, 0.6) is 5.75 Å². The Labute approximate surface area is 190 Å². The number of halogens is 1. The lowest BCUT2D eigenvalue weighted by Crippen LogP contribution is -2.44. The number of benzene rings is 1. The summed E-state index contributed by atoms with van der Waals surface area (Å²) in [5, 5.41) is 6.56. The third-order valence-corrected chi connectivity index (χ3v) is 6.50. The van der Waals surface area contributed by atoms with Crippen LogP contribution in [0.3, 0.4) is 0 Å². The normalized spacial score (nSPS) is 21.8. The summed E-state index contributed by atoms with van der Waals surface area (Å²) in [6, 6.07) is 8.13. The van der Waals surface area contributed by atoms with Crippen molar-refractivity contribution in [3.63, 3.8) is 0 Å². The quantitative estimate of drug-likeness (QED) is 0.559. The molecule has 9 heteroatoms. The highest BCUT2D eigenvalue weighted by Crippen LogP contribution is 2.33. The molecule has 33 heavy (non-hydrogen) atoms. The lowest BCUT2D eigenvalue weighted by molar-refractivity contribution is -0.0509. The Morgan fingerprint density at radius 1 is 1.27 bits per heavy atom. The van der Waals surface area contributed by atoms with E-state index >= 15 is 4.39 Å². The molecule has 0 spiro atoms. The van der Waals surface area contributed by atoms with Crippen LogP contribution in [0.25, 0.3) is 11.0 Å². The van der Waals surface area contributed by atoms with Crippen molar-refractivity contribution in [1.29, 1.82) is 0 Å². The Hall–Kier alpha value is -3.48. The van der Waals surface area contributed by atoms with Gasteiger partial charge in [-0.15, -0.1) is 6.42 Å². The number of piperazine rings is 1. The highest BCUT2D eigenvalue weighted by Gasteiger charge is 2.38. The first kappa shape index (κ1) is 20.1. The number of nitrogens with zero attached hydrogens (tertiary/aromatic N) is 4. The molecular weight excluding hydrogens is 423 g/mol. The third kappa shape index (κ3) is 3.61. The van der Waals surface area contributed by atoms with Gasteiger partial charge in [0.05, 0.1) is 31.0 Å². The summed E-state index contributed by atoms with van der Waals surface area (Å²) in [5.74, 6) is 3.81. The predicted molar refractivity (Wildman–Crippen MR) is 122 cm³/mol. The van der Waals surface area contributed by atoms with Gasteiger partial charge in [-0.05, 0) is 30.7 Å². The van der Waals surface area contributed by atoms with Gasteiger partial charge in [0.25, 0.3) is 0 Å². The molecule has 2 aromatic heterocycles. The molecule has 2 N–H and O–H groups in total. The van der Waals surface area contributed by atoms with Gasteiger partial charge in [0.2, 0.25) is 0 Å². The number of fused-ring (bicyclic) bond motifs is 3. The minimum absolute atomic E-state index is 0.0767. The number of hydrogen-bond acceptors (Lipinski definition) is 8. The zero-order valence-corrected chi connectivity index (χ0v) is 17.9. The molecule has 0 amide bonds. The predicted octanol–water partition coefficient (Wildman–Crippen LogP) is 2.46. The van der Waals surface area contributed by atoms with E-state index in [4.69, 9.17) is 20.9 Å². The van der Waals surface area contributed by atoms with E-state index in [0.717, 1.165) is 25.3 Å². The van der Waals surface area contributed by atoms with Gasteiger partial charge in [0, 0.05) is 31.1 Å². The second kappa shape index (κ2) is 8.14. The van der Waals surface area contributed by atoms with Crippen molar-refractivity contribution in [3.8, 4) is 18.1 Å². The number of aromatic nitrogens is 3. The number of terminal acetylenes is 1. The van der Waals surface area contributed by atoms with Crippen molar-refractivity contribution < 1.29 is 13.9 Å². The second-order valence-electron chi connectivity index (χ2n) is 8.69. The van der Waals surface area contributed by atoms with Crippen molar-refractivity contribution in [1.82, 2.24) is 20.3 Å². The molecule has 0 aliphatic carbocycles. The van der Waals surface area contributed by atoms with Gasteiger partial charge in [-0.1, -0.05) is 5.92 Å². The Kier molecular flexibility index (Phi) is 4.97. The van der Waals surface area contributed by atoms with Crippen molar-refractivity contribution in [3.05, 3.63) is 42.0 Å². The highest BCUT2D eigenvalue weighted by atomic mass is 19.1. The summed E-state index contributed by atoms with van der Waals surface area (Å²) in [6.07, 6.45) is 8.17. The smallest absolute Gasteiger partial charge is 0.166 e. The van der Waals surface area contributed by atoms with E-state index in [0.29, 0.717) is 60.4 Å². The zero-order chi connectivity index (χ0) is 22.4. The topological polar surface area (TPSA) is 84.4 Å². The lowest BCUT2D eigenvalue weighted by atomic mass is 10.1. The van der Waals surface area contributed by atoms with Gasteiger partial charge < -0.3 is 25.0 Å². The summed E-state index contributed by atoms with van der Waals surface area (Å²) in [6.45, 7) is 3.63. The van der Waals surface area contributed by atoms with Crippen LogP contribution in [0.15, 0.2) is 30.6 Å².